The number of hydrogen-bond acceptors (Lipinski definition) is 4. The summed E-state index contributed by atoms with van der Waals surface area (Å²) in [5, 5.41) is 0.289. The summed E-state index contributed by atoms with van der Waals surface area (Å²) < 4.78 is 18.7. The molecule has 0 aliphatic carbocycles. The number of methoxy groups -OCH3 is 1. The van der Waals surface area contributed by atoms with Crippen LogP contribution in [0.1, 0.15) is 22.2 Å². The van der Waals surface area contributed by atoms with E-state index in [1.807, 2.05) is 6.92 Å². The first-order chi connectivity index (χ1) is 9.51. The largest absolute Gasteiger partial charge is 0.465 e. The molecular weight excluding hydrogens is 301 g/mol. The van der Waals surface area contributed by atoms with Gasteiger partial charge in [-0.15, -0.1) is 11.3 Å². The van der Waals surface area contributed by atoms with E-state index in [2.05, 4.69) is 0 Å². The molecule has 20 heavy (non-hydrogen) atoms. The molecule has 0 unspecified atom stereocenters. The van der Waals surface area contributed by atoms with Crippen LogP contribution in [0.2, 0.25) is 5.02 Å². The summed E-state index contributed by atoms with van der Waals surface area (Å²) in [5.74, 6) is -0.967. The van der Waals surface area contributed by atoms with Gasteiger partial charge >= 0.3 is 5.97 Å². The molecule has 2 N–H and O–H groups in total. The van der Waals surface area contributed by atoms with Crippen LogP contribution in [0.25, 0.3) is 10.4 Å². The van der Waals surface area contributed by atoms with E-state index < -0.39 is 11.8 Å². The van der Waals surface area contributed by atoms with Crippen molar-refractivity contribution in [1.29, 1.82) is 0 Å². The second kappa shape index (κ2) is 5.81. The average molecular weight is 314 g/mol. The lowest BCUT2D eigenvalue weighted by molar-refractivity contribution is 0.0607. The van der Waals surface area contributed by atoms with Crippen molar-refractivity contribution >= 4 is 34.6 Å². The molecule has 0 bridgehead atoms. The van der Waals surface area contributed by atoms with Crippen molar-refractivity contribution < 1.29 is 13.9 Å². The Morgan fingerprint density at radius 1 is 1.50 bits per heavy atom. The second-order valence-electron chi connectivity index (χ2n) is 4.09. The van der Waals surface area contributed by atoms with E-state index in [0.29, 0.717) is 22.5 Å². The van der Waals surface area contributed by atoms with Crippen LogP contribution in [-0.4, -0.2) is 13.1 Å². The van der Waals surface area contributed by atoms with Crippen molar-refractivity contribution in [2.45, 2.75) is 13.3 Å². The minimum Gasteiger partial charge on any atom is -0.465 e. The molecule has 1 aromatic heterocycles. The summed E-state index contributed by atoms with van der Waals surface area (Å²) >= 11 is 7.18. The number of nitrogen functional groups attached to an aromatic ring is 1. The van der Waals surface area contributed by atoms with Crippen LogP contribution < -0.4 is 5.73 Å². The van der Waals surface area contributed by atoms with Crippen molar-refractivity contribution in [3.05, 3.63) is 39.5 Å². The molecule has 106 valence electrons. The van der Waals surface area contributed by atoms with Crippen molar-refractivity contribution in [2.75, 3.05) is 12.8 Å². The minimum absolute atomic E-state index is 0.276. The van der Waals surface area contributed by atoms with Crippen LogP contribution >= 0.6 is 22.9 Å². The van der Waals surface area contributed by atoms with Gasteiger partial charge in [-0.2, -0.15) is 0 Å². The zero-order valence-corrected chi connectivity index (χ0v) is 12.6. The van der Waals surface area contributed by atoms with Crippen molar-refractivity contribution in [3.63, 3.8) is 0 Å². The number of ether oxygens (including phenoxy) is 1. The van der Waals surface area contributed by atoms with Crippen LogP contribution in [0, 0.1) is 5.82 Å². The highest BCUT2D eigenvalue weighted by molar-refractivity contribution is 7.18. The summed E-state index contributed by atoms with van der Waals surface area (Å²) in [6.45, 7) is 1.89. The molecule has 1 aromatic carbocycles. The number of nitrogens with two attached hydrogens (primary N) is 1. The van der Waals surface area contributed by atoms with E-state index >= 15 is 0 Å². The number of carbonyl (C=O) groups is 1. The van der Waals surface area contributed by atoms with Gasteiger partial charge in [0.1, 0.15) is 10.7 Å². The third-order valence-electron chi connectivity index (χ3n) is 2.96. The number of halogens is 2. The molecule has 3 nitrogen and oxygen atoms in total. The first kappa shape index (κ1) is 14.8. The molecule has 0 spiro atoms. The van der Waals surface area contributed by atoms with Crippen LogP contribution in [0.5, 0.6) is 0 Å². The quantitative estimate of drug-likeness (QED) is 0.866. The highest BCUT2D eigenvalue weighted by atomic mass is 35.5. The topological polar surface area (TPSA) is 52.3 Å². The third-order valence-corrected chi connectivity index (χ3v) is 4.52. The monoisotopic (exact) mass is 313 g/mol. The minimum atomic E-state index is -0.527. The highest BCUT2D eigenvalue weighted by Gasteiger charge is 2.24. The normalized spacial score (nSPS) is 10.6. The summed E-state index contributed by atoms with van der Waals surface area (Å²) in [6, 6.07) is 4.46. The fourth-order valence-electron chi connectivity index (χ4n) is 1.99. The number of anilines is 1. The summed E-state index contributed by atoms with van der Waals surface area (Å²) in [6.07, 6.45) is 0.569. The lowest BCUT2D eigenvalue weighted by Gasteiger charge is -2.06. The van der Waals surface area contributed by atoms with Gasteiger partial charge < -0.3 is 10.5 Å². The molecule has 1 heterocycles. The Labute approximate surface area is 125 Å². The number of thiophene rings is 1. The van der Waals surface area contributed by atoms with E-state index in [0.717, 1.165) is 11.3 Å². The Morgan fingerprint density at radius 2 is 2.20 bits per heavy atom. The summed E-state index contributed by atoms with van der Waals surface area (Å²) in [7, 11) is 1.28. The Morgan fingerprint density at radius 3 is 2.75 bits per heavy atom. The number of esters is 1. The molecule has 0 saturated heterocycles. The maximum Gasteiger partial charge on any atom is 0.350 e. The Balaban J connectivity index is 2.72. The van der Waals surface area contributed by atoms with Gasteiger partial charge in [-0.3, -0.25) is 0 Å². The first-order valence-electron chi connectivity index (χ1n) is 5.95. The summed E-state index contributed by atoms with van der Waals surface area (Å²) in [5.41, 5.74) is 7.29. The van der Waals surface area contributed by atoms with Gasteiger partial charge in [-0.1, -0.05) is 24.6 Å². The number of rotatable bonds is 3. The van der Waals surface area contributed by atoms with Gasteiger partial charge in [0.05, 0.1) is 17.8 Å². The molecule has 0 amide bonds. The zero-order chi connectivity index (χ0) is 14.9. The number of benzene rings is 1. The first-order valence-corrected chi connectivity index (χ1v) is 7.14. The van der Waals surface area contributed by atoms with E-state index in [1.54, 1.807) is 6.07 Å². The van der Waals surface area contributed by atoms with Gasteiger partial charge in [-0.05, 0) is 24.1 Å². The molecule has 2 rings (SSSR count). The molecule has 0 atom stereocenters. The Hall–Kier alpha value is -1.59. The van der Waals surface area contributed by atoms with Crippen LogP contribution in [-0.2, 0) is 11.2 Å². The smallest absolute Gasteiger partial charge is 0.350 e. The van der Waals surface area contributed by atoms with E-state index in [-0.39, 0.29) is 15.5 Å². The second-order valence-corrected chi connectivity index (χ2v) is 5.52. The lowest BCUT2D eigenvalue weighted by Crippen LogP contribution is -2.02. The van der Waals surface area contributed by atoms with Crippen LogP contribution in [0.3, 0.4) is 0 Å². The molecule has 0 fully saturated rings. The van der Waals surface area contributed by atoms with Crippen LogP contribution in [0.15, 0.2) is 18.2 Å². The number of hydrogen-bond donors (Lipinski definition) is 1. The number of carbonyl (C=O) groups excluding carboxylic acids is 1. The van der Waals surface area contributed by atoms with Gasteiger partial charge in [0.2, 0.25) is 0 Å². The molecule has 6 heteroatoms. The highest BCUT2D eigenvalue weighted by Crippen LogP contribution is 2.43. The molecule has 0 aliphatic heterocycles. The van der Waals surface area contributed by atoms with Crippen molar-refractivity contribution in [3.8, 4) is 10.4 Å². The summed E-state index contributed by atoms with van der Waals surface area (Å²) in [4.78, 5) is 12.6. The Kier molecular flexibility index (Phi) is 4.30. The van der Waals surface area contributed by atoms with Gasteiger partial charge in [0.25, 0.3) is 0 Å². The Bertz CT molecular complexity index is 649. The maximum absolute atomic E-state index is 14.0. The molecule has 0 saturated carbocycles. The molecular formula is C14H13ClFNO2S. The molecule has 0 aliphatic rings. The predicted octanol–water partition coefficient (Wildman–Crippen LogP) is 4.14. The standard InChI is InChI=1S/C14H13ClFNO2S/c1-3-7-11(17)13(14(18)19-2)20-12(7)10-8(15)5-4-6-9(10)16/h4-6H,3,17H2,1-2H3. The SMILES string of the molecule is CCc1c(-c2c(F)cccc2Cl)sc(C(=O)OC)c1N. The maximum atomic E-state index is 14.0. The van der Waals surface area contributed by atoms with Gasteiger partial charge in [0, 0.05) is 10.4 Å². The van der Waals surface area contributed by atoms with Crippen molar-refractivity contribution in [1.82, 2.24) is 0 Å². The molecule has 2 aromatic rings. The lowest BCUT2D eigenvalue weighted by atomic mass is 10.1. The average Bonchev–Trinajstić information content (AvgIpc) is 2.74. The van der Waals surface area contributed by atoms with E-state index in [1.165, 1.54) is 19.2 Å². The zero-order valence-electron chi connectivity index (χ0n) is 11.0. The molecule has 0 radical (unpaired) electrons. The van der Waals surface area contributed by atoms with Crippen LogP contribution in [0.4, 0.5) is 10.1 Å². The van der Waals surface area contributed by atoms with Gasteiger partial charge in [0.15, 0.2) is 0 Å². The predicted molar refractivity (Wildman–Crippen MR) is 79.9 cm³/mol. The van der Waals surface area contributed by atoms with Gasteiger partial charge in [-0.25, -0.2) is 9.18 Å². The van der Waals surface area contributed by atoms with Crippen molar-refractivity contribution in [2.24, 2.45) is 0 Å². The fraction of sp³-hybridized carbons (Fsp3) is 0.214. The van der Waals surface area contributed by atoms with E-state index in [9.17, 15) is 9.18 Å². The fourth-order valence-corrected chi connectivity index (χ4v) is 3.59. The third kappa shape index (κ3) is 2.39. The van der Waals surface area contributed by atoms with E-state index in [4.69, 9.17) is 22.1 Å².